The number of benzene rings is 1. The highest BCUT2D eigenvalue weighted by molar-refractivity contribution is 7.89. The highest BCUT2D eigenvalue weighted by atomic mass is 32.2. The molecule has 1 aromatic rings. The number of nitrogens with one attached hydrogen (secondary N) is 2. The fourth-order valence-corrected chi connectivity index (χ4v) is 4.24. The first-order valence-electron chi connectivity index (χ1n) is 6.79. The van der Waals surface area contributed by atoms with Crippen LogP contribution in [0.5, 0.6) is 0 Å². The molecule has 1 saturated heterocycles. The number of nitrogens with zero attached hydrogens (tertiary/aromatic N) is 1. The zero-order valence-electron chi connectivity index (χ0n) is 11.9. The lowest BCUT2D eigenvalue weighted by Crippen LogP contribution is -2.45. The number of nitrogens with two attached hydrogens (primary N) is 1. The number of aryl methyl sites for hydroxylation is 2. The van der Waals surface area contributed by atoms with Crippen molar-refractivity contribution in [3.05, 3.63) is 23.3 Å². The van der Waals surface area contributed by atoms with Gasteiger partial charge < -0.3 is 5.43 Å². The Morgan fingerprint density at radius 2 is 1.65 bits per heavy atom. The maximum atomic E-state index is 12.5. The van der Waals surface area contributed by atoms with Crippen LogP contribution in [-0.2, 0) is 10.0 Å². The van der Waals surface area contributed by atoms with E-state index in [1.54, 1.807) is 31.0 Å². The third kappa shape index (κ3) is 3.29. The minimum Gasteiger partial charge on any atom is -0.324 e. The van der Waals surface area contributed by atoms with Crippen molar-refractivity contribution in [1.29, 1.82) is 0 Å². The quantitative estimate of drug-likeness (QED) is 0.575. The first-order valence-corrected chi connectivity index (χ1v) is 8.27. The fourth-order valence-electron chi connectivity index (χ4n) is 2.66. The molecular weight excluding hydrogens is 276 g/mol. The van der Waals surface area contributed by atoms with Gasteiger partial charge in [-0.15, -0.1) is 4.83 Å². The molecule has 1 aromatic carbocycles. The predicted octanol–water partition coefficient (Wildman–Crippen LogP) is 1.27. The number of sulfonamides is 1. The molecule has 20 heavy (non-hydrogen) atoms. The average Bonchev–Trinajstić information content (AvgIpc) is 2.37. The van der Waals surface area contributed by atoms with Crippen LogP contribution < -0.4 is 16.1 Å². The molecule has 0 unspecified atom stereocenters. The molecule has 112 valence electrons. The van der Waals surface area contributed by atoms with Crippen LogP contribution in [0, 0.1) is 13.8 Å². The summed E-state index contributed by atoms with van der Waals surface area (Å²) >= 11 is 0. The Morgan fingerprint density at radius 3 is 2.15 bits per heavy atom. The Labute approximate surface area is 120 Å². The van der Waals surface area contributed by atoms with Crippen LogP contribution in [0.3, 0.4) is 0 Å². The van der Waals surface area contributed by atoms with Gasteiger partial charge in [0.15, 0.2) is 0 Å². The van der Waals surface area contributed by atoms with Gasteiger partial charge in [0.25, 0.3) is 10.0 Å². The van der Waals surface area contributed by atoms with Crippen molar-refractivity contribution < 1.29 is 8.42 Å². The average molecular weight is 298 g/mol. The number of rotatable bonds is 4. The topological polar surface area (TPSA) is 87.5 Å². The highest BCUT2D eigenvalue weighted by Gasteiger charge is 2.23. The molecule has 7 heteroatoms. The van der Waals surface area contributed by atoms with Gasteiger partial charge in [0, 0.05) is 18.8 Å². The lowest BCUT2D eigenvalue weighted by Gasteiger charge is -2.27. The van der Waals surface area contributed by atoms with Crippen molar-refractivity contribution in [3.63, 3.8) is 0 Å². The standard InChI is InChI=1S/C13H22N4O2S/c1-10-8-12(15-14)9-11(2)13(10)20(18,19)16-17-6-4-3-5-7-17/h8-9,15-16H,3-7,14H2,1-2H3. The molecule has 0 saturated carbocycles. The van der Waals surface area contributed by atoms with Gasteiger partial charge in [-0.05, 0) is 49.9 Å². The van der Waals surface area contributed by atoms with E-state index in [9.17, 15) is 8.42 Å². The summed E-state index contributed by atoms with van der Waals surface area (Å²) in [5.74, 6) is 5.37. The Bertz CT molecular complexity index is 557. The van der Waals surface area contributed by atoms with Crippen molar-refractivity contribution in [2.24, 2.45) is 5.84 Å². The molecule has 2 rings (SSSR count). The molecule has 0 amide bonds. The lowest BCUT2D eigenvalue weighted by atomic mass is 10.1. The second-order valence-electron chi connectivity index (χ2n) is 5.23. The normalized spacial score (nSPS) is 17.1. The van der Waals surface area contributed by atoms with Crippen LogP contribution in [0.25, 0.3) is 0 Å². The summed E-state index contributed by atoms with van der Waals surface area (Å²) in [5, 5.41) is 1.78. The largest absolute Gasteiger partial charge is 0.324 e. The number of anilines is 1. The number of hydrazine groups is 2. The van der Waals surface area contributed by atoms with Gasteiger partial charge in [-0.2, -0.15) is 0 Å². The Balaban J connectivity index is 2.29. The van der Waals surface area contributed by atoms with Crippen molar-refractivity contribution >= 4 is 15.7 Å². The van der Waals surface area contributed by atoms with Crippen LogP contribution in [0.4, 0.5) is 5.69 Å². The molecule has 1 aliphatic rings. The Kier molecular flexibility index (Phi) is 4.64. The summed E-state index contributed by atoms with van der Waals surface area (Å²) in [7, 11) is -3.54. The van der Waals surface area contributed by atoms with E-state index in [1.807, 2.05) is 0 Å². The van der Waals surface area contributed by atoms with Crippen LogP contribution in [0.2, 0.25) is 0 Å². The predicted molar refractivity (Wildman–Crippen MR) is 79.5 cm³/mol. The maximum absolute atomic E-state index is 12.5. The molecule has 4 N–H and O–H groups in total. The van der Waals surface area contributed by atoms with Crippen molar-refractivity contribution in [2.75, 3.05) is 18.5 Å². The Morgan fingerprint density at radius 1 is 1.10 bits per heavy atom. The third-order valence-electron chi connectivity index (χ3n) is 3.50. The highest BCUT2D eigenvalue weighted by Crippen LogP contribution is 2.24. The van der Waals surface area contributed by atoms with E-state index >= 15 is 0 Å². The number of nitrogen functional groups attached to an aromatic ring is 1. The summed E-state index contributed by atoms with van der Waals surface area (Å²) in [5.41, 5.74) is 4.61. The molecule has 6 nitrogen and oxygen atoms in total. The SMILES string of the molecule is Cc1cc(NN)cc(C)c1S(=O)(=O)NN1CCCCC1. The summed E-state index contributed by atoms with van der Waals surface area (Å²) in [4.78, 5) is 3.02. The molecule has 1 fully saturated rings. The molecule has 0 aliphatic carbocycles. The summed E-state index contributed by atoms with van der Waals surface area (Å²) < 4.78 is 25.1. The van der Waals surface area contributed by atoms with E-state index in [4.69, 9.17) is 5.84 Å². The van der Waals surface area contributed by atoms with Crippen molar-refractivity contribution in [1.82, 2.24) is 9.84 Å². The Hall–Kier alpha value is -1.15. The van der Waals surface area contributed by atoms with Gasteiger partial charge in [-0.1, -0.05) is 6.42 Å². The van der Waals surface area contributed by atoms with E-state index in [1.165, 1.54) is 0 Å². The monoisotopic (exact) mass is 298 g/mol. The minimum atomic E-state index is -3.54. The van der Waals surface area contributed by atoms with Crippen molar-refractivity contribution in [3.8, 4) is 0 Å². The minimum absolute atomic E-state index is 0.335. The number of piperidine rings is 1. The molecule has 0 radical (unpaired) electrons. The van der Waals surface area contributed by atoms with Gasteiger partial charge >= 0.3 is 0 Å². The van der Waals surface area contributed by atoms with Gasteiger partial charge in [-0.25, -0.2) is 13.4 Å². The molecule has 0 atom stereocenters. The van der Waals surface area contributed by atoms with Gasteiger partial charge in [0.1, 0.15) is 0 Å². The zero-order valence-corrected chi connectivity index (χ0v) is 12.8. The smallest absolute Gasteiger partial charge is 0.253 e. The molecule has 0 spiro atoms. The summed E-state index contributed by atoms with van der Waals surface area (Å²) in [6.45, 7) is 5.08. The molecule has 0 bridgehead atoms. The summed E-state index contributed by atoms with van der Waals surface area (Å²) in [6.07, 6.45) is 3.21. The second kappa shape index (κ2) is 6.09. The molecule has 1 heterocycles. The van der Waals surface area contributed by atoms with Gasteiger partial charge in [0.05, 0.1) is 4.90 Å². The maximum Gasteiger partial charge on any atom is 0.253 e. The van der Waals surface area contributed by atoms with Crippen LogP contribution >= 0.6 is 0 Å². The fraction of sp³-hybridized carbons (Fsp3) is 0.538. The van der Waals surface area contributed by atoms with Crippen molar-refractivity contribution in [2.45, 2.75) is 38.0 Å². The van der Waals surface area contributed by atoms with Gasteiger partial charge in [-0.3, -0.25) is 5.84 Å². The molecule has 0 aromatic heterocycles. The van der Waals surface area contributed by atoms with E-state index in [2.05, 4.69) is 10.3 Å². The number of hydrogen-bond donors (Lipinski definition) is 3. The first kappa shape index (κ1) is 15.2. The van der Waals surface area contributed by atoms with E-state index in [0.717, 1.165) is 32.4 Å². The first-order chi connectivity index (χ1) is 9.44. The van der Waals surface area contributed by atoms with Gasteiger partial charge in [0.2, 0.25) is 0 Å². The van der Waals surface area contributed by atoms with Crippen LogP contribution in [0.1, 0.15) is 30.4 Å². The van der Waals surface area contributed by atoms with E-state index < -0.39 is 10.0 Å². The molecular formula is C13H22N4O2S. The number of hydrogen-bond acceptors (Lipinski definition) is 5. The van der Waals surface area contributed by atoms with Crippen LogP contribution in [0.15, 0.2) is 17.0 Å². The third-order valence-corrected chi connectivity index (χ3v) is 5.18. The van der Waals surface area contributed by atoms with E-state index in [-0.39, 0.29) is 0 Å². The van der Waals surface area contributed by atoms with E-state index in [0.29, 0.717) is 21.7 Å². The second-order valence-corrected chi connectivity index (χ2v) is 6.82. The molecule has 1 aliphatic heterocycles. The summed E-state index contributed by atoms with van der Waals surface area (Å²) in [6, 6.07) is 3.47. The zero-order chi connectivity index (χ0) is 14.8. The van der Waals surface area contributed by atoms with Crippen LogP contribution in [-0.4, -0.2) is 26.5 Å². The lowest BCUT2D eigenvalue weighted by molar-refractivity contribution is 0.200.